The highest BCUT2D eigenvalue weighted by Gasteiger charge is 2.32. The highest BCUT2D eigenvalue weighted by molar-refractivity contribution is 5.77. The Kier molecular flexibility index (Phi) is 3.50. The van der Waals surface area contributed by atoms with Crippen LogP contribution in [0.5, 0.6) is 0 Å². The Bertz CT molecular complexity index is 448. The normalized spacial score (nSPS) is 20.8. The van der Waals surface area contributed by atoms with E-state index in [1.807, 2.05) is 4.90 Å². The van der Waals surface area contributed by atoms with Crippen molar-refractivity contribution in [1.29, 1.82) is 0 Å². The Labute approximate surface area is 112 Å². The molecule has 19 heavy (non-hydrogen) atoms. The Hall–Kier alpha value is -1.43. The van der Waals surface area contributed by atoms with Gasteiger partial charge >= 0.3 is 0 Å². The molecule has 0 unspecified atom stereocenters. The SMILES string of the molecule is COCC(=O)N1CCC(c2nnc(C3CC3)o2)CC1. The van der Waals surface area contributed by atoms with Crippen molar-refractivity contribution < 1.29 is 13.9 Å². The molecule has 0 spiro atoms. The lowest BCUT2D eigenvalue weighted by Crippen LogP contribution is -2.39. The maximum Gasteiger partial charge on any atom is 0.248 e. The van der Waals surface area contributed by atoms with Crippen LogP contribution in [0, 0.1) is 0 Å². The zero-order valence-electron chi connectivity index (χ0n) is 11.2. The fourth-order valence-corrected chi connectivity index (χ4v) is 2.50. The van der Waals surface area contributed by atoms with Crippen LogP contribution in [0.2, 0.25) is 0 Å². The van der Waals surface area contributed by atoms with E-state index in [1.165, 1.54) is 12.8 Å². The van der Waals surface area contributed by atoms with Crippen molar-refractivity contribution >= 4 is 5.91 Å². The summed E-state index contributed by atoms with van der Waals surface area (Å²) in [4.78, 5) is 13.5. The smallest absolute Gasteiger partial charge is 0.248 e. The van der Waals surface area contributed by atoms with E-state index in [2.05, 4.69) is 10.2 Å². The second-order valence-corrected chi connectivity index (χ2v) is 5.34. The maximum absolute atomic E-state index is 11.7. The average Bonchev–Trinajstić information content (AvgIpc) is 3.17. The van der Waals surface area contributed by atoms with Gasteiger partial charge in [0.25, 0.3) is 0 Å². The summed E-state index contributed by atoms with van der Waals surface area (Å²) in [7, 11) is 1.54. The van der Waals surface area contributed by atoms with Gasteiger partial charge in [-0.2, -0.15) is 0 Å². The number of carbonyl (C=O) groups is 1. The van der Waals surface area contributed by atoms with Crippen molar-refractivity contribution in [3.05, 3.63) is 11.8 Å². The predicted molar refractivity (Wildman–Crippen MR) is 66.7 cm³/mol. The summed E-state index contributed by atoms with van der Waals surface area (Å²) in [6.07, 6.45) is 4.13. The molecule has 6 nitrogen and oxygen atoms in total. The van der Waals surface area contributed by atoms with Gasteiger partial charge in [0.2, 0.25) is 17.7 Å². The zero-order chi connectivity index (χ0) is 13.2. The van der Waals surface area contributed by atoms with Gasteiger partial charge in [0.05, 0.1) is 0 Å². The molecule has 0 aromatic carbocycles. The molecule has 2 heterocycles. The number of rotatable bonds is 4. The van der Waals surface area contributed by atoms with Crippen molar-refractivity contribution in [2.45, 2.75) is 37.5 Å². The number of ether oxygens (including phenoxy) is 1. The van der Waals surface area contributed by atoms with E-state index in [9.17, 15) is 4.79 Å². The van der Waals surface area contributed by atoms with E-state index in [-0.39, 0.29) is 12.5 Å². The molecule has 0 N–H and O–H groups in total. The summed E-state index contributed by atoms with van der Waals surface area (Å²) < 4.78 is 10.6. The molecule has 1 aromatic rings. The summed E-state index contributed by atoms with van der Waals surface area (Å²) in [6.45, 7) is 1.65. The van der Waals surface area contributed by atoms with Crippen molar-refractivity contribution in [2.24, 2.45) is 0 Å². The van der Waals surface area contributed by atoms with E-state index >= 15 is 0 Å². The Morgan fingerprint density at radius 3 is 2.32 bits per heavy atom. The fraction of sp³-hybridized carbons (Fsp3) is 0.769. The van der Waals surface area contributed by atoms with Crippen molar-refractivity contribution in [3.8, 4) is 0 Å². The quantitative estimate of drug-likeness (QED) is 0.820. The number of methoxy groups -OCH3 is 1. The Balaban J connectivity index is 1.55. The molecule has 6 heteroatoms. The molecule has 1 saturated heterocycles. The molecule has 1 aromatic heterocycles. The second kappa shape index (κ2) is 5.28. The summed E-state index contributed by atoms with van der Waals surface area (Å²) in [6, 6.07) is 0. The van der Waals surface area contributed by atoms with Crippen molar-refractivity contribution in [2.75, 3.05) is 26.8 Å². The Morgan fingerprint density at radius 2 is 1.79 bits per heavy atom. The van der Waals surface area contributed by atoms with Crippen LogP contribution in [0.3, 0.4) is 0 Å². The number of likely N-dealkylation sites (tertiary alicyclic amines) is 1. The number of piperidine rings is 1. The van der Waals surface area contributed by atoms with Crippen LogP contribution in [-0.2, 0) is 9.53 Å². The summed E-state index contributed by atoms with van der Waals surface area (Å²) in [5, 5.41) is 8.28. The zero-order valence-corrected chi connectivity index (χ0v) is 11.2. The molecule has 2 aliphatic rings. The van der Waals surface area contributed by atoms with E-state index in [4.69, 9.17) is 9.15 Å². The van der Waals surface area contributed by atoms with Gasteiger partial charge in [-0.3, -0.25) is 4.79 Å². The first-order chi connectivity index (χ1) is 9.28. The fourth-order valence-electron chi connectivity index (χ4n) is 2.50. The highest BCUT2D eigenvalue weighted by atomic mass is 16.5. The van der Waals surface area contributed by atoms with E-state index in [0.29, 0.717) is 11.8 Å². The number of nitrogens with zero attached hydrogens (tertiary/aromatic N) is 3. The summed E-state index contributed by atoms with van der Waals surface area (Å²) in [5.41, 5.74) is 0. The third-order valence-electron chi connectivity index (χ3n) is 3.85. The molecule has 1 saturated carbocycles. The maximum atomic E-state index is 11.7. The first-order valence-electron chi connectivity index (χ1n) is 6.88. The monoisotopic (exact) mass is 265 g/mol. The molecule has 104 valence electrons. The molecular formula is C13H19N3O3. The molecule has 0 radical (unpaired) electrons. The molecule has 3 rings (SSSR count). The van der Waals surface area contributed by atoms with Crippen LogP contribution in [0.15, 0.2) is 4.42 Å². The van der Waals surface area contributed by atoms with Gasteiger partial charge < -0.3 is 14.1 Å². The van der Waals surface area contributed by atoms with Gasteiger partial charge in [0, 0.05) is 32.0 Å². The minimum Gasteiger partial charge on any atom is -0.425 e. The molecule has 2 fully saturated rings. The lowest BCUT2D eigenvalue weighted by Gasteiger charge is -2.30. The van der Waals surface area contributed by atoms with Gasteiger partial charge in [0.15, 0.2) is 0 Å². The van der Waals surface area contributed by atoms with Gasteiger partial charge in [-0.15, -0.1) is 10.2 Å². The van der Waals surface area contributed by atoms with Crippen LogP contribution in [0.1, 0.15) is 49.3 Å². The minimum atomic E-state index is 0.0603. The Morgan fingerprint density at radius 1 is 1.21 bits per heavy atom. The average molecular weight is 265 g/mol. The molecule has 1 aliphatic heterocycles. The second-order valence-electron chi connectivity index (χ2n) is 5.34. The number of aromatic nitrogens is 2. The van der Waals surface area contributed by atoms with Crippen LogP contribution in [0.25, 0.3) is 0 Å². The summed E-state index contributed by atoms with van der Waals surface area (Å²) >= 11 is 0. The lowest BCUT2D eigenvalue weighted by molar-refractivity contribution is -0.136. The van der Waals surface area contributed by atoms with Crippen LogP contribution < -0.4 is 0 Å². The molecular weight excluding hydrogens is 246 g/mol. The number of hydrogen-bond acceptors (Lipinski definition) is 5. The predicted octanol–water partition coefficient (Wildman–Crippen LogP) is 1.30. The van der Waals surface area contributed by atoms with E-state index in [1.54, 1.807) is 7.11 Å². The molecule has 0 atom stereocenters. The van der Waals surface area contributed by atoms with Gasteiger partial charge in [-0.25, -0.2) is 0 Å². The molecule has 1 aliphatic carbocycles. The third-order valence-corrected chi connectivity index (χ3v) is 3.85. The first kappa shape index (κ1) is 12.6. The van der Waals surface area contributed by atoms with Crippen molar-refractivity contribution in [1.82, 2.24) is 15.1 Å². The van der Waals surface area contributed by atoms with Crippen molar-refractivity contribution in [3.63, 3.8) is 0 Å². The largest absolute Gasteiger partial charge is 0.425 e. The first-order valence-corrected chi connectivity index (χ1v) is 6.88. The van der Waals surface area contributed by atoms with Gasteiger partial charge in [-0.1, -0.05) is 0 Å². The van der Waals surface area contributed by atoms with Gasteiger partial charge in [-0.05, 0) is 25.7 Å². The van der Waals surface area contributed by atoms with Crippen LogP contribution >= 0.6 is 0 Å². The van der Waals surface area contributed by atoms with Crippen LogP contribution in [0.4, 0.5) is 0 Å². The topological polar surface area (TPSA) is 68.5 Å². The number of carbonyl (C=O) groups excluding carboxylic acids is 1. The minimum absolute atomic E-state index is 0.0603. The number of hydrogen-bond donors (Lipinski definition) is 0. The van der Waals surface area contributed by atoms with Crippen LogP contribution in [-0.4, -0.2) is 47.8 Å². The lowest BCUT2D eigenvalue weighted by atomic mass is 9.97. The van der Waals surface area contributed by atoms with Gasteiger partial charge in [0.1, 0.15) is 6.61 Å². The third kappa shape index (κ3) is 2.78. The highest BCUT2D eigenvalue weighted by Crippen LogP contribution is 2.40. The van der Waals surface area contributed by atoms with E-state index < -0.39 is 0 Å². The number of amides is 1. The standard InChI is InChI=1S/C13H19N3O3/c1-18-8-11(17)16-6-4-10(5-7-16)13-15-14-12(19-13)9-2-3-9/h9-10H,2-8H2,1H3. The van der Waals surface area contributed by atoms with E-state index in [0.717, 1.165) is 37.7 Å². The summed E-state index contributed by atoms with van der Waals surface area (Å²) in [5.74, 6) is 2.41. The molecule has 0 bridgehead atoms. The molecule has 1 amide bonds.